The number of hydrogen-bond donors (Lipinski definition) is 1. The fourth-order valence-electron chi connectivity index (χ4n) is 3.77. The summed E-state index contributed by atoms with van der Waals surface area (Å²) in [5.41, 5.74) is 2.22. The van der Waals surface area contributed by atoms with Gasteiger partial charge in [0.2, 0.25) is 0 Å². The molecule has 1 aliphatic rings. The van der Waals surface area contributed by atoms with Crippen molar-refractivity contribution in [3.05, 3.63) is 76.7 Å². The number of halogens is 1. The SMILES string of the molecule is COc1cc(OCCN2CCOCC2)c(/C=C/C(=O)c2ccc(C(=O)O)cc2)cc1-c1cccs1.Cl. The van der Waals surface area contributed by atoms with Gasteiger partial charge in [0, 0.05) is 47.3 Å². The summed E-state index contributed by atoms with van der Waals surface area (Å²) in [6, 6.07) is 13.7. The van der Waals surface area contributed by atoms with Crippen molar-refractivity contribution in [1.29, 1.82) is 0 Å². The van der Waals surface area contributed by atoms with Crippen molar-refractivity contribution in [2.75, 3.05) is 46.6 Å². The van der Waals surface area contributed by atoms with Crippen molar-refractivity contribution in [1.82, 2.24) is 4.90 Å². The van der Waals surface area contributed by atoms with Crippen molar-refractivity contribution in [2.45, 2.75) is 0 Å². The van der Waals surface area contributed by atoms with Crippen molar-refractivity contribution >= 4 is 41.6 Å². The molecule has 4 rings (SSSR count). The van der Waals surface area contributed by atoms with Gasteiger partial charge in [-0.3, -0.25) is 9.69 Å². The Hall–Kier alpha value is -3.17. The van der Waals surface area contributed by atoms with E-state index in [2.05, 4.69) is 4.90 Å². The quantitative estimate of drug-likeness (QED) is 0.287. The van der Waals surface area contributed by atoms with Crippen molar-refractivity contribution in [3.63, 3.8) is 0 Å². The van der Waals surface area contributed by atoms with Gasteiger partial charge in [-0.1, -0.05) is 18.2 Å². The van der Waals surface area contributed by atoms with E-state index in [1.807, 2.05) is 29.6 Å². The number of carbonyl (C=O) groups is 2. The summed E-state index contributed by atoms with van der Waals surface area (Å²) in [6.07, 6.45) is 3.21. The van der Waals surface area contributed by atoms with E-state index >= 15 is 0 Å². The van der Waals surface area contributed by atoms with Gasteiger partial charge in [0.05, 0.1) is 25.9 Å². The molecule has 1 aliphatic heterocycles. The van der Waals surface area contributed by atoms with E-state index in [4.69, 9.17) is 19.3 Å². The van der Waals surface area contributed by atoms with Gasteiger partial charge < -0.3 is 19.3 Å². The number of nitrogens with zero attached hydrogens (tertiary/aromatic N) is 1. The van der Waals surface area contributed by atoms with Crippen LogP contribution in [0.4, 0.5) is 0 Å². The zero-order chi connectivity index (χ0) is 24.6. The van der Waals surface area contributed by atoms with Gasteiger partial charge in [-0.05, 0) is 41.8 Å². The summed E-state index contributed by atoms with van der Waals surface area (Å²) in [4.78, 5) is 27.2. The molecule has 9 heteroatoms. The second kappa shape index (κ2) is 13.2. The third-order valence-electron chi connectivity index (χ3n) is 5.72. The molecule has 0 unspecified atom stereocenters. The minimum absolute atomic E-state index is 0. The third-order valence-corrected chi connectivity index (χ3v) is 6.62. The number of thiophene rings is 1. The summed E-state index contributed by atoms with van der Waals surface area (Å²) >= 11 is 1.60. The van der Waals surface area contributed by atoms with Crippen molar-refractivity contribution < 1.29 is 28.9 Å². The third kappa shape index (κ3) is 6.95. The largest absolute Gasteiger partial charge is 0.496 e. The number of methoxy groups -OCH3 is 1. The molecule has 2 aromatic carbocycles. The van der Waals surface area contributed by atoms with E-state index < -0.39 is 5.97 Å². The Morgan fingerprint density at radius 3 is 2.44 bits per heavy atom. The molecule has 1 N–H and O–H groups in total. The van der Waals surface area contributed by atoms with E-state index in [0.29, 0.717) is 23.7 Å². The average molecular weight is 530 g/mol. The molecular formula is C27H28ClNO6S. The van der Waals surface area contributed by atoms with Crippen LogP contribution in [0.5, 0.6) is 11.5 Å². The number of carbonyl (C=O) groups excluding carboxylic acids is 1. The fraction of sp³-hybridized carbons (Fsp3) is 0.259. The van der Waals surface area contributed by atoms with Gasteiger partial charge >= 0.3 is 5.97 Å². The van der Waals surface area contributed by atoms with Crippen LogP contribution in [0, 0.1) is 0 Å². The Morgan fingerprint density at radius 2 is 1.81 bits per heavy atom. The minimum Gasteiger partial charge on any atom is -0.496 e. The smallest absolute Gasteiger partial charge is 0.335 e. The first-order valence-electron chi connectivity index (χ1n) is 11.3. The Morgan fingerprint density at radius 1 is 1.08 bits per heavy atom. The summed E-state index contributed by atoms with van der Waals surface area (Å²) in [7, 11) is 1.63. The lowest BCUT2D eigenvalue weighted by Crippen LogP contribution is -2.38. The first kappa shape index (κ1) is 27.4. The molecule has 1 fully saturated rings. The van der Waals surface area contributed by atoms with Crippen LogP contribution in [-0.4, -0.2) is 68.3 Å². The average Bonchev–Trinajstić information content (AvgIpc) is 3.43. The second-order valence-corrected chi connectivity index (χ2v) is 8.90. The van der Waals surface area contributed by atoms with Crippen LogP contribution in [0.15, 0.2) is 60.0 Å². The molecule has 36 heavy (non-hydrogen) atoms. The van der Waals surface area contributed by atoms with Crippen molar-refractivity contribution in [2.24, 2.45) is 0 Å². The maximum absolute atomic E-state index is 12.8. The van der Waals surface area contributed by atoms with E-state index in [1.165, 1.54) is 30.3 Å². The lowest BCUT2D eigenvalue weighted by Gasteiger charge is -2.26. The predicted molar refractivity (Wildman–Crippen MR) is 143 cm³/mol. The Labute approximate surface area is 220 Å². The molecule has 0 radical (unpaired) electrons. The maximum atomic E-state index is 12.8. The molecule has 0 saturated carbocycles. The summed E-state index contributed by atoms with van der Waals surface area (Å²) in [5, 5.41) is 11.1. The van der Waals surface area contributed by atoms with Crippen LogP contribution in [0.3, 0.4) is 0 Å². The predicted octanol–water partition coefficient (Wildman–Crippen LogP) is 5.15. The highest BCUT2D eigenvalue weighted by Crippen LogP contribution is 2.38. The second-order valence-electron chi connectivity index (χ2n) is 7.95. The molecule has 2 heterocycles. The number of morpholine rings is 1. The summed E-state index contributed by atoms with van der Waals surface area (Å²) in [5.74, 6) is 0.0645. The number of carboxylic acid groups (broad SMARTS) is 1. The van der Waals surface area contributed by atoms with Gasteiger partial charge in [0.1, 0.15) is 18.1 Å². The Balaban J connectivity index is 0.00000361. The van der Waals surface area contributed by atoms with Crippen LogP contribution < -0.4 is 9.47 Å². The van der Waals surface area contributed by atoms with E-state index in [0.717, 1.165) is 48.9 Å². The van der Waals surface area contributed by atoms with Gasteiger partial charge in [-0.15, -0.1) is 23.7 Å². The number of ether oxygens (including phenoxy) is 3. The number of allylic oxidation sites excluding steroid dienone is 1. The molecule has 0 spiro atoms. The normalized spacial score (nSPS) is 13.8. The van der Waals surface area contributed by atoms with E-state index in [1.54, 1.807) is 24.5 Å². The lowest BCUT2D eigenvalue weighted by molar-refractivity contribution is 0.0322. The molecule has 0 aliphatic carbocycles. The van der Waals surface area contributed by atoms with Crippen molar-refractivity contribution in [3.8, 4) is 21.9 Å². The lowest BCUT2D eigenvalue weighted by atomic mass is 10.0. The van der Waals surface area contributed by atoms with Crippen LogP contribution >= 0.6 is 23.7 Å². The molecule has 3 aromatic rings. The molecular weight excluding hydrogens is 502 g/mol. The first-order valence-corrected chi connectivity index (χ1v) is 12.2. The number of hydrogen-bond acceptors (Lipinski definition) is 7. The zero-order valence-electron chi connectivity index (χ0n) is 19.8. The van der Waals surface area contributed by atoms with Crippen LogP contribution in [-0.2, 0) is 4.74 Å². The highest BCUT2D eigenvalue weighted by Gasteiger charge is 2.15. The molecule has 0 amide bonds. The van der Waals surface area contributed by atoms with Gasteiger partial charge in [0.25, 0.3) is 0 Å². The molecule has 0 bridgehead atoms. The summed E-state index contributed by atoms with van der Waals surface area (Å²) in [6.45, 7) is 4.49. The molecule has 0 atom stereocenters. The monoisotopic (exact) mass is 529 g/mol. The first-order chi connectivity index (χ1) is 17.0. The van der Waals surface area contributed by atoms with E-state index in [9.17, 15) is 9.59 Å². The Kier molecular flexibility index (Phi) is 10.1. The number of rotatable bonds is 10. The van der Waals surface area contributed by atoms with Gasteiger partial charge in [-0.25, -0.2) is 4.79 Å². The topological polar surface area (TPSA) is 85.3 Å². The van der Waals surface area contributed by atoms with Gasteiger partial charge in [-0.2, -0.15) is 0 Å². The van der Waals surface area contributed by atoms with Crippen LogP contribution in [0.2, 0.25) is 0 Å². The maximum Gasteiger partial charge on any atom is 0.335 e. The van der Waals surface area contributed by atoms with E-state index in [-0.39, 0.29) is 23.8 Å². The van der Waals surface area contributed by atoms with Gasteiger partial charge in [0.15, 0.2) is 5.78 Å². The molecule has 190 valence electrons. The number of benzene rings is 2. The highest BCUT2D eigenvalue weighted by molar-refractivity contribution is 7.13. The minimum atomic E-state index is -1.03. The molecule has 1 saturated heterocycles. The standard InChI is InChI=1S/C27H27NO6S.ClH/c1-32-25-18-24(34-15-12-28-10-13-33-14-11-28)21(17-22(25)26-3-2-16-35-26)8-9-23(29)19-4-6-20(7-5-19)27(30)31;/h2-9,16-18H,10-15H2,1H3,(H,30,31);1H/b9-8+;. The molecule has 7 nitrogen and oxygen atoms in total. The Bertz CT molecular complexity index is 1190. The number of ketones is 1. The molecule has 1 aromatic heterocycles. The number of carboxylic acids is 1. The fourth-order valence-corrected chi connectivity index (χ4v) is 4.52. The van der Waals surface area contributed by atoms with Crippen LogP contribution in [0.1, 0.15) is 26.3 Å². The highest BCUT2D eigenvalue weighted by atomic mass is 35.5. The number of aromatic carboxylic acids is 1. The van der Waals surface area contributed by atoms with Crippen LogP contribution in [0.25, 0.3) is 16.5 Å². The zero-order valence-corrected chi connectivity index (χ0v) is 21.5. The summed E-state index contributed by atoms with van der Waals surface area (Å²) < 4.78 is 17.2.